The molecular weight excluding hydrogens is 378 g/mol. The van der Waals surface area contributed by atoms with E-state index in [2.05, 4.69) is 43.0 Å². The fourth-order valence-corrected chi connectivity index (χ4v) is 4.13. The first kappa shape index (κ1) is 23.5. The maximum absolute atomic E-state index is 12.8. The van der Waals surface area contributed by atoms with Gasteiger partial charge in [-0.15, -0.1) is 0 Å². The van der Waals surface area contributed by atoms with E-state index < -0.39 is 0 Å². The number of benzene rings is 2. The van der Waals surface area contributed by atoms with Crippen LogP contribution in [-0.4, -0.2) is 48.6 Å². The fraction of sp³-hybridized carbons (Fsp3) is 0.480. The molecule has 0 N–H and O–H groups in total. The molecule has 0 heterocycles. The van der Waals surface area contributed by atoms with Gasteiger partial charge in [0.15, 0.2) is 0 Å². The number of esters is 1. The maximum Gasteiger partial charge on any atom is 0.309 e. The molecule has 0 aliphatic rings. The van der Waals surface area contributed by atoms with Crippen LogP contribution in [0.1, 0.15) is 31.4 Å². The summed E-state index contributed by atoms with van der Waals surface area (Å²) in [7, 11) is 0. The molecular formula is C25H35NO2S. The fourth-order valence-electron chi connectivity index (χ4n) is 3.39. The Morgan fingerprint density at radius 2 is 1.45 bits per heavy atom. The van der Waals surface area contributed by atoms with Gasteiger partial charge in [0.2, 0.25) is 0 Å². The largest absolute Gasteiger partial charge is 0.465 e. The zero-order valence-corrected chi connectivity index (χ0v) is 18.7. The van der Waals surface area contributed by atoms with Gasteiger partial charge in [0, 0.05) is 5.75 Å². The third-order valence-corrected chi connectivity index (χ3v) is 6.15. The molecule has 0 unspecified atom stereocenters. The standard InChI is InChI=1S/C25H35NO2S/c1-3-26(4-2)16-11-18-29-19-17-28-25(27)24(20-22-12-7-5-8-13-22)21-23-14-9-6-10-15-23/h5-10,12-15,24H,3-4,11,16-21H2,1-2H3. The van der Waals surface area contributed by atoms with E-state index in [1.54, 1.807) is 0 Å². The maximum atomic E-state index is 12.8. The molecule has 2 aromatic rings. The Balaban J connectivity index is 1.76. The van der Waals surface area contributed by atoms with Gasteiger partial charge < -0.3 is 9.64 Å². The number of hydrogen-bond donors (Lipinski definition) is 0. The third-order valence-electron chi connectivity index (χ3n) is 5.11. The molecule has 4 heteroatoms. The van der Waals surface area contributed by atoms with Crippen LogP contribution in [0, 0.1) is 5.92 Å². The lowest BCUT2D eigenvalue weighted by Gasteiger charge is -2.18. The molecule has 0 aliphatic carbocycles. The first-order chi connectivity index (χ1) is 14.2. The Kier molecular flexibility index (Phi) is 11.5. The monoisotopic (exact) mass is 413 g/mol. The van der Waals surface area contributed by atoms with E-state index >= 15 is 0 Å². The highest BCUT2D eigenvalue weighted by atomic mass is 32.2. The molecule has 0 bridgehead atoms. The number of carbonyl (C=O) groups excluding carboxylic acids is 1. The van der Waals surface area contributed by atoms with E-state index in [9.17, 15) is 4.79 Å². The molecule has 2 aromatic carbocycles. The van der Waals surface area contributed by atoms with Crippen LogP contribution >= 0.6 is 11.8 Å². The number of nitrogens with zero attached hydrogens (tertiary/aromatic N) is 1. The number of hydrogen-bond acceptors (Lipinski definition) is 4. The lowest BCUT2D eigenvalue weighted by atomic mass is 9.92. The Bertz CT molecular complexity index is 632. The van der Waals surface area contributed by atoms with E-state index in [-0.39, 0.29) is 11.9 Å². The van der Waals surface area contributed by atoms with E-state index in [4.69, 9.17) is 4.74 Å². The van der Waals surface area contributed by atoms with Gasteiger partial charge in [-0.25, -0.2) is 0 Å². The van der Waals surface area contributed by atoms with Crippen molar-refractivity contribution < 1.29 is 9.53 Å². The molecule has 0 fully saturated rings. The third kappa shape index (κ3) is 9.51. The second-order valence-electron chi connectivity index (χ2n) is 7.24. The highest BCUT2D eigenvalue weighted by molar-refractivity contribution is 7.99. The SMILES string of the molecule is CCN(CC)CCCSCCOC(=O)C(Cc1ccccc1)Cc1ccccc1. The summed E-state index contributed by atoms with van der Waals surface area (Å²) in [4.78, 5) is 15.2. The van der Waals surface area contributed by atoms with Crippen LogP contribution in [0.3, 0.4) is 0 Å². The molecule has 2 rings (SSSR count). The van der Waals surface area contributed by atoms with Crippen molar-refractivity contribution in [3.8, 4) is 0 Å². The van der Waals surface area contributed by atoms with Crippen LogP contribution in [0.15, 0.2) is 60.7 Å². The lowest BCUT2D eigenvalue weighted by Crippen LogP contribution is -2.24. The Morgan fingerprint density at radius 3 is 1.97 bits per heavy atom. The highest BCUT2D eigenvalue weighted by Gasteiger charge is 2.21. The van der Waals surface area contributed by atoms with Crippen molar-refractivity contribution in [1.82, 2.24) is 4.90 Å². The highest BCUT2D eigenvalue weighted by Crippen LogP contribution is 2.17. The predicted molar refractivity (Wildman–Crippen MR) is 124 cm³/mol. The van der Waals surface area contributed by atoms with Crippen molar-refractivity contribution in [2.24, 2.45) is 5.92 Å². The van der Waals surface area contributed by atoms with Gasteiger partial charge in [-0.05, 0) is 55.8 Å². The van der Waals surface area contributed by atoms with Crippen LogP contribution in [0.2, 0.25) is 0 Å². The van der Waals surface area contributed by atoms with Crippen molar-refractivity contribution in [3.05, 3.63) is 71.8 Å². The second kappa shape index (κ2) is 14.2. The van der Waals surface area contributed by atoms with Gasteiger partial charge in [-0.2, -0.15) is 11.8 Å². The van der Waals surface area contributed by atoms with Gasteiger partial charge in [0.05, 0.1) is 5.92 Å². The summed E-state index contributed by atoms with van der Waals surface area (Å²) >= 11 is 1.87. The van der Waals surface area contributed by atoms with Gasteiger partial charge in [-0.1, -0.05) is 74.5 Å². The second-order valence-corrected chi connectivity index (χ2v) is 8.46. The molecule has 29 heavy (non-hydrogen) atoms. The number of carbonyl (C=O) groups is 1. The van der Waals surface area contributed by atoms with Gasteiger partial charge >= 0.3 is 5.97 Å². The minimum Gasteiger partial charge on any atom is -0.465 e. The topological polar surface area (TPSA) is 29.5 Å². The summed E-state index contributed by atoms with van der Waals surface area (Å²) < 4.78 is 5.65. The molecule has 0 spiro atoms. The van der Waals surface area contributed by atoms with Crippen LogP contribution in [0.25, 0.3) is 0 Å². The summed E-state index contributed by atoms with van der Waals surface area (Å²) in [6, 6.07) is 20.4. The molecule has 0 aliphatic heterocycles. The molecule has 0 radical (unpaired) electrons. The number of rotatable bonds is 14. The average Bonchev–Trinajstić information content (AvgIpc) is 2.76. The predicted octanol–water partition coefficient (Wildman–Crippen LogP) is 5.10. The summed E-state index contributed by atoms with van der Waals surface area (Å²) in [5.41, 5.74) is 2.35. The summed E-state index contributed by atoms with van der Waals surface area (Å²) in [6.07, 6.45) is 2.61. The van der Waals surface area contributed by atoms with E-state index in [0.29, 0.717) is 19.4 Å². The van der Waals surface area contributed by atoms with Crippen molar-refractivity contribution in [3.63, 3.8) is 0 Å². The summed E-state index contributed by atoms with van der Waals surface area (Å²) in [6.45, 7) is 8.28. The van der Waals surface area contributed by atoms with Crippen molar-refractivity contribution in [2.45, 2.75) is 33.1 Å². The minimum atomic E-state index is -0.146. The van der Waals surface area contributed by atoms with Crippen molar-refractivity contribution in [2.75, 3.05) is 37.7 Å². The van der Waals surface area contributed by atoms with Crippen LogP contribution < -0.4 is 0 Å². The van der Waals surface area contributed by atoms with Crippen LogP contribution in [0.5, 0.6) is 0 Å². The molecule has 0 saturated carbocycles. The quantitative estimate of drug-likeness (QED) is 0.318. The van der Waals surface area contributed by atoms with Crippen molar-refractivity contribution >= 4 is 17.7 Å². The Hall–Kier alpha value is -1.78. The minimum absolute atomic E-state index is 0.0820. The number of thioether (sulfide) groups is 1. The van der Waals surface area contributed by atoms with Crippen LogP contribution in [0.4, 0.5) is 0 Å². The first-order valence-electron chi connectivity index (χ1n) is 10.8. The molecule has 0 amide bonds. The van der Waals surface area contributed by atoms with E-state index in [1.165, 1.54) is 17.5 Å². The van der Waals surface area contributed by atoms with Gasteiger partial charge in [-0.3, -0.25) is 4.79 Å². The molecule has 158 valence electrons. The molecule has 0 atom stereocenters. The first-order valence-corrected chi connectivity index (χ1v) is 11.9. The summed E-state index contributed by atoms with van der Waals surface area (Å²) in [5.74, 6) is 1.76. The molecule has 0 saturated heterocycles. The smallest absolute Gasteiger partial charge is 0.309 e. The van der Waals surface area contributed by atoms with Crippen molar-refractivity contribution in [1.29, 1.82) is 0 Å². The lowest BCUT2D eigenvalue weighted by molar-refractivity contribution is -0.147. The van der Waals surface area contributed by atoms with Gasteiger partial charge in [0.25, 0.3) is 0 Å². The summed E-state index contributed by atoms with van der Waals surface area (Å²) in [5, 5.41) is 0. The zero-order valence-electron chi connectivity index (χ0n) is 17.9. The normalized spacial score (nSPS) is 11.2. The Morgan fingerprint density at radius 1 is 0.897 bits per heavy atom. The molecule has 3 nitrogen and oxygen atoms in total. The van der Waals surface area contributed by atoms with E-state index in [0.717, 1.165) is 31.1 Å². The van der Waals surface area contributed by atoms with Gasteiger partial charge in [0.1, 0.15) is 6.61 Å². The van der Waals surface area contributed by atoms with Crippen LogP contribution in [-0.2, 0) is 22.4 Å². The average molecular weight is 414 g/mol. The Labute approximate surface area is 180 Å². The molecule has 0 aromatic heterocycles. The zero-order chi connectivity index (χ0) is 20.7. The number of ether oxygens (including phenoxy) is 1. The van der Waals surface area contributed by atoms with E-state index in [1.807, 2.05) is 48.2 Å².